The van der Waals surface area contributed by atoms with Gasteiger partial charge in [0, 0.05) is 72.6 Å². The summed E-state index contributed by atoms with van der Waals surface area (Å²) in [5.74, 6) is 0.774. The molecule has 4 amide bonds. The van der Waals surface area contributed by atoms with Crippen molar-refractivity contribution in [1.29, 1.82) is 0 Å². The number of carbonyl (C=O) groups is 4. The number of nitrogens with one attached hydrogen (secondary N) is 2. The second-order valence-electron chi connectivity index (χ2n) is 12.4. The zero-order valence-electron chi connectivity index (χ0n) is 31.8. The summed E-state index contributed by atoms with van der Waals surface area (Å²) < 4.78 is 0. The number of rotatable bonds is 18. The summed E-state index contributed by atoms with van der Waals surface area (Å²) in [6.45, 7) is 14.2. The van der Waals surface area contributed by atoms with Crippen LogP contribution < -0.4 is 10.6 Å². The van der Waals surface area contributed by atoms with Gasteiger partial charge in [0.25, 0.3) is 11.8 Å². The van der Waals surface area contributed by atoms with Gasteiger partial charge in [-0.15, -0.1) is 0 Å². The third kappa shape index (κ3) is 12.0. The SMILES string of the molecule is CCCCCC(=O)N(CC)C(=NCC)c1ccc(NC(=O)c2ccc(C(=O)Nc3ccc(C(=NCC)N(CC)C(=O)CCCCC)cc3)cc2)cc1. The van der Waals surface area contributed by atoms with E-state index in [-0.39, 0.29) is 23.6 Å². The summed E-state index contributed by atoms with van der Waals surface area (Å²) >= 11 is 0. The molecule has 10 nitrogen and oxygen atoms in total. The van der Waals surface area contributed by atoms with Crippen molar-refractivity contribution in [2.24, 2.45) is 9.98 Å². The van der Waals surface area contributed by atoms with Gasteiger partial charge < -0.3 is 10.6 Å². The largest absolute Gasteiger partial charge is 0.322 e. The van der Waals surface area contributed by atoms with Crippen LogP contribution >= 0.6 is 0 Å². The molecular formula is C42H56N6O4. The predicted octanol–water partition coefficient (Wildman–Crippen LogP) is 8.58. The van der Waals surface area contributed by atoms with Gasteiger partial charge in [0.15, 0.2) is 0 Å². The van der Waals surface area contributed by atoms with Gasteiger partial charge in [-0.3, -0.25) is 39.0 Å². The van der Waals surface area contributed by atoms with E-state index in [0.29, 0.717) is 73.2 Å². The number of carbonyl (C=O) groups excluding carboxylic acids is 4. The van der Waals surface area contributed by atoms with Gasteiger partial charge in [-0.1, -0.05) is 39.5 Å². The van der Waals surface area contributed by atoms with Crippen molar-refractivity contribution in [3.63, 3.8) is 0 Å². The van der Waals surface area contributed by atoms with E-state index in [0.717, 1.165) is 49.7 Å². The van der Waals surface area contributed by atoms with Crippen LogP contribution in [0.5, 0.6) is 0 Å². The van der Waals surface area contributed by atoms with E-state index >= 15 is 0 Å². The van der Waals surface area contributed by atoms with E-state index in [4.69, 9.17) is 0 Å². The molecule has 2 N–H and O–H groups in total. The van der Waals surface area contributed by atoms with Crippen LogP contribution in [0.1, 0.15) is 125 Å². The van der Waals surface area contributed by atoms with Crippen molar-refractivity contribution >= 4 is 46.7 Å². The van der Waals surface area contributed by atoms with Crippen LogP contribution in [0.15, 0.2) is 82.8 Å². The molecule has 0 aliphatic rings. The van der Waals surface area contributed by atoms with E-state index in [2.05, 4.69) is 34.5 Å². The summed E-state index contributed by atoms with van der Waals surface area (Å²) in [5.41, 5.74) is 3.62. The van der Waals surface area contributed by atoms with Crippen LogP contribution in [0.3, 0.4) is 0 Å². The first-order valence-electron chi connectivity index (χ1n) is 18.8. The summed E-state index contributed by atoms with van der Waals surface area (Å²) in [4.78, 5) is 64.8. The lowest BCUT2D eigenvalue weighted by atomic mass is 10.1. The highest BCUT2D eigenvalue weighted by Gasteiger charge is 2.21. The maximum absolute atomic E-state index is 13.1. The molecule has 0 aromatic heterocycles. The van der Waals surface area contributed by atoms with E-state index in [1.807, 2.05) is 52.0 Å². The minimum Gasteiger partial charge on any atom is -0.322 e. The van der Waals surface area contributed by atoms with Gasteiger partial charge in [-0.2, -0.15) is 0 Å². The van der Waals surface area contributed by atoms with Crippen LogP contribution in [0.4, 0.5) is 11.4 Å². The third-order valence-electron chi connectivity index (χ3n) is 8.56. The minimum absolute atomic E-state index is 0.0625. The van der Waals surface area contributed by atoms with Crippen LogP contribution in [-0.2, 0) is 9.59 Å². The Balaban J connectivity index is 1.63. The molecule has 278 valence electrons. The number of amidine groups is 2. The highest BCUT2D eigenvalue weighted by molar-refractivity contribution is 6.10. The van der Waals surface area contributed by atoms with Gasteiger partial charge in [0.2, 0.25) is 11.8 Å². The summed E-state index contributed by atoms with van der Waals surface area (Å²) in [7, 11) is 0. The molecule has 0 saturated carbocycles. The Labute approximate surface area is 309 Å². The number of amides is 4. The Morgan fingerprint density at radius 2 is 0.808 bits per heavy atom. The van der Waals surface area contributed by atoms with Gasteiger partial charge in [-0.25, -0.2) is 0 Å². The molecule has 0 unspecified atom stereocenters. The molecule has 0 fully saturated rings. The maximum Gasteiger partial charge on any atom is 0.255 e. The number of benzene rings is 3. The van der Waals surface area contributed by atoms with Crippen LogP contribution in [-0.4, -0.2) is 71.3 Å². The third-order valence-corrected chi connectivity index (χ3v) is 8.56. The monoisotopic (exact) mass is 708 g/mol. The van der Waals surface area contributed by atoms with Crippen molar-refractivity contribution in [2.45, 2.75) is 92.9 Å². The lowest BCUT2D eigenvalue weighted by molar-refractivity contribution is -0.128. The molecule has 0 aliphatic heterocycles. The Morgan fingerprint density at radius 1 is 0.481 bits per heavy atom. The van der Waals surface area contributed by atoms with E-state index in [1.54, 1.807) is 58.3 Å². The fourth-order valence-corrected chi connectivity index (χ4v) is 5.76. The summed E-state index contributed by atoms with van der Waals surface area (Å²) in [5, 5.41) is 5.81. The zero-order chi connectivity index (χ0) is 37.9. The Bertz CT molecular complexity index is 1540. The average Bonchev–Trinajstić information content (AvgIpc) is 3.15. The molecule has 0 atom stereocenters. The van der Waals surface area contributed by atoms with Gasteiger partial charge >= 0.3 is 0 Å². The van der Waals surface area contributed by atoms with Crippen molar-refractivity contribution in [2.75, 3.05) is 36.8 Å². The first kappa shape index (κ1) is 41.3. The van der Waals surface area contributed by atoms with Crippen LogP contribution in [0.25, 0.3) is 0 Å². The summed E-state index contributed by atoms with van der Waals surface area (Å²) in [6.07, 6.45) is 6.83. The predicted molar refractivity (Wildman–Crippen MR) is 212 cm³/mol. The smallest absolute Gasteiger partial charge is 0.255 e. The van der Waals surface area contributed by atoms with Crippen molar-refractivity contribution < 1.29 is 19.2 Å². The Morgan fingerprint density at radius 3 is 1.10 bits per heavy atom. The first-order chi connectivity index (χ1) is 25.2. The van der Waals surface area contributed by atoms with Gasteiger partial charge in [0.1, 0.15) is 11.7 Å². The van der Waals surface area contributed by atoms with E-state index in [1.165, 1.54) is 0 Å². The maximum atomic E-state index is 13.1. The number of anilines is 2. The molecule has 0 radical (unpaired) electrons. The van der Waals surface area contributed by atoms with E-state index < -0.39 is 0 Å². The van der Waals surface area contributed by atoms with Gasteiger partial charge in [0.05, 0.1) is 0 Å². The second-order valence-corrected chi connectivity index (χ2v) is 12.4. The number of aliphatic imine (C=N–C) groups is 2. The second kappa shape index (κ2) is 22.0. The number of hydrogen-bond donors (Lipinski definition) is 2. The number of unbranched alkanes of at least 4 members (excludes halogenated alkanes) is 4. The molecule has 0 spiro atoms. The molecule has 0 bridgehead atoms. The fraction of sp³-hybridized carbons (Fsp3) is 0.429. The quantitative estimate of drug-likeness (QED) is 0.0781. The van der Waals surface area contributed by atoms with Crippen LogP contribution in [0.2, 0.25) is 0 Å². The van der Waals surface area contributed by atoms with Crippen LogP contribution in [0, 0.1) is 0 Å². The number of nitrogens with zero attached hydrogens (tertiary/aromatic N) is 4. The lowest BCUT2D eigenvalue weighted by Gasteiger charge is -2.23. The highest BCUT2D eigenvalue weighted by Crippen LogP contribution is 2.18. The van der Waals surface area contributed by atoms with Crippen molar-refractivity contribution in [1.82, 2.24) is 9.80 Å². The minimum atomic E-state index is -0.312. The molecule has 0 aliphatic carbocycles. The van der Waals surface area contributed by atoms with Gasteiger partial charge in [-0.05, 0) is 113 Å². The number of hydrogen-bond acceptors (Lipinski definition) is 6. The molecule has 0 heterocycles. The first-order valence-corrected chi connectivity index (χ1v) is 18.8. The molecule has 3 aromatic carbocycles. The molecule has 10 heteroatoms. The standard InChI is InChI=1S/C42H56N6O4/c1-7-13-15-17-37(49)47(11-5)39(43-9-3)31-23-27-35(28-24-31)45-41(51)33-19-21-34(22-20-33)42(52)46-36-29-25-32(26-30-36)40(44-10-4)48(12-6)38(50)18-16-14-8-2/h19-30H,7-18H2,1-6H3,(H,45,51)(H,46,52). The molecule has 3 aromatic rings. The Kier molecular flexibility index (Phi) is 17.4. The van der Waals surface area contributed by atoms with E-state index in [9.17, 15) is 19.2 Å². The molecule has 3 rings (SSSR count). The zero-order valence-corrected chi connectivity index (χ0v) is 31.8. The highest BCUT2D eigenvalue weighted by atomic mass is 16.2. The normalized spacial score (nSPS) is 11.6. The fourth-order valence-electron chi connectivity index (χ4n) is 5.76. The molecular weight excluding hydrogens is 652 g/mol. The lowest BCUT2D eigenvalue weighted by Crippen LogP contribution is -2.37. The molecule has 0 saturated heterocycles. The summed E-state index contributed by atoms with van der Waals surface area (Å²) in [6, 6.07) is 21.1. The topological polar surface area (TPSA) is 124 Å². The molecule has 52 heavy (non-hydrogen) atoms. The van der Waals surface area contributed by atoms with Crippen molar-refractivity contribution in [3.8, 4) is 0 Å². The van der Waals surface area contributed by atoms with Crippen molar-refractivity contribution in [3.05, 3.63) is 95.1 Å². The average molecular weight is 709 g/mol. The Hall–Kier alpha value is -5.12.